The summed E-state index contributed by atoms with van der Waals surface area (Å²) in [5, 5.41) is 2.57. The first-order valence-corrected chi connectivity index (χ1v) is 8.08. The minimum atomic E-state index is -4.45. The summed E-state index contributed by atoms with van der Waals surface area (Å²) >= 11 is 0. The molecule has 2 atom stereocenters. The number of nitrogens with zero attached hydrogens (tertiary/aromatic N) is 3. The molecule has 0 bridgehead atoms. The number of rotatable bonds is 3. The second-order valence-electron chi connectivity index (χ2n) is 6.41. The highest BCUT2D eigenvalue weighted by Crippen LogP contribution is 2.39. The van der Waals surface area contributed by atoms with E-state index in [1.54, 1.807) is 29.4 Å². The highest BCUT2D eigenvalue weighted by Gasteiger charge is 2.53. The van der Waals surface area contributed by atoms with Crippen LogP contribution in [0.25, 0.3) is 0 Å². The van der Waals surface area contributed by atoms with Gasteiger partial charge in [-0.05, 0) is 17.7 Å². The molecule has 25 heavy (non-hydrogen) atoms. The van der Waals surface area contributed by atoms with Gasteiger partial charge < -0.3 is 10.2 Å². The fourth-order valence-electron chi connectivity index (χ4n) is 3.40. The molecule has 0 aliphatic carbocycles. The average Bonchev–Trinajstić information content (AvgIpc) is 2.99. The van der Waals surface area contributed by atoms with E-state index in [1.165, 1.54) is 4.90 Å². The summed E-state index contributed by atoms with van der Waals surface area (Å²) < 4.78 is 40.3. The summed E-state index contributed by atoms with van der Waals surface area (Å²) in [6.07, 6.45) is -1.28. The van der Waals surface area contributed by atoms with Crippen molar-refractivity contribution in [3.63, 3.8) is 0 Å². The number of likely N-dealkylation sites (tertiary alicyclic amines) is 1. The third-order valence-electron chi connectivity index (χ3n) is 4.64. The predicted molar refractivity (Wildman–Crippen MR) is 82.1 cm³/mol. The van der Waals surface area contributed by atoms with E-state index in [9.17, 15) is 22.8 Å². The van der Waals surface area contributed by atoms with Crippen molar-refractivity contribution in [1.82, 2.24) is 20.1 Å². The first-order chi connectivity index (χ1) is 11.8. The average molecular weight is 356 g/mol. The molecule has 1 N–H and O–H groups in total. The van der Waals surface area contributed by atoms with Gasteiger partial charge in [-0.1, -0.05) is 0 Å². The van der Waals surface area contributed by atoms with Crippen molar-refractivity contribution in [2.45, 2.75) is 12.7 Å². The molecule has 1 aromatic heterocycles. The largest absolute Gasteiger partial charge is 0.393 e. The molecule has 0 saturated carbocycles. The number of amides is 2. The summed E-state index contributed by atoms with van der Waals surface area (Å²) in [5.74, 6) is -3.82. The number of carbonyl (C=O) groups is 2. The van der Waals surface area contributed by atoms with Crippen molar-refractivity contribution in [2.24, 2.45) is 11.8 Å². The van der Waals surface area contributed by atoms with Crippen LogP contribution in [-0.4, -0.2) is 65.5 Å². The first-order valence-electron chi connectivity index (χ1n) is 8.08. The number of hydrogen-bond donors (Lipinski definition) is 1. The second-order valence-corrected chi connectivity index (χ2v) is 6.41. The highest BCUT2D eigenvalue weighted by molar-refractivity contribution is 5.87. The van der Waals surface area contributed by atoms with Crippen LogP contribution in [0.4, 0.5) is 13.2 Å². The van der Waals surface area contributed by atoms with Crippen LogP contribution in [0.2, 0.25) is 0 Å². The molecular formula is C16H19F3N4O2. The molecule has 9 heteroatoms. The Morgan fingerprint density at radius 3 is 2.64 bits per heavy atom. The minimum absolute atomic E-state index is 0.0312. The van der Waals surface area contributed by atoms with Crippen molar-refractivity contribution in [3.05, 3.63) is 30.1 Å². The van der Waals surface area contributed by atoms with Crippen LogP contribution in [0, 0.1) is 11.8 Å². The van der Waals surface area contributed by atoms with E-state index in [0.29, 0.717) is 6.54 Å². The molecular weight excluding hydrogens is 337 g/mol. The fraction of sp³-hybridized carbons (Fsp3) is 0.562. The maximum atomic E-state index is 13.4. The molecule has 2 aliphatic heterocycles. The number of carbonyl (C=O) groups excluding carboxylic acids is 2. The van der Waals surface area contributed by atoms with Crippen LogP contribution in [0.3, 0.4) is 0 Å². The van der Waals surface area contributed by atoms with Gasteiger partial charge in [0.1, 0.15) is 0 Å². The Labute approximate surface area is 143 Å². The first kappa shape index (κ1) is 17.7. The highest BCUT2D eigenvalue weighted by atomic mass is 19.4. The normalized spacial score (nSPS) is 25.1. The van der Waals surface area contributed by atoms with Gasteiger partial charge in [-0.2, -0.15) is 13.2 Å². The topological polar surface area (TPSA) is 65.5 Å². The number of piperazine rings is 1. The third kappa shape index (κ3) is 4.09. The SMILES string of the molecule is O=C1CN(C(=O)[C@@H]2CN(Cc3ccncc3)C[C@H]2C(F)(F)F)CCN1. The molecule has 3 heterocycles. The van der Waals surface area contributed by atoms with Crippen molar-refractivity contribution >= 4 is 11.8 Å². The van der Waals surface area contributed by atoms with Gasteiger partial charge >= 0.3 is 6.18 Å². The summed E-state index contributed by atoms with van der Waals surface area (Å²) in [7, 11) is 0. The minimum Gasteiger partial charge on any atom is -0.353 e. The lowest BCUT2D eigenvalue weighted by Crippen LogP contribution is -2.53. The molecule has 0 spiro atoms. The Hall–Kier alpha value is -2.16. The van der Waals surface area contributed by atoms with E-state index in [4.69, 9.17) is 0 Å². The van der Waals surface area contributed by atoms with Gasteiger partial charge in [0.2, 0.25) is 11.8 Å². The zero-order chi connectivity index (χ0) is 18.0. The maximum Gasteiger partial charge on any atom is 0.393 e. The smallest absolute Gasteiger partial charge is 0.353 e. The maximum absolute atomic E-state index is 13.4. The molecule has 2 amide bonds. The van der Waals surface area contributed by atoms with Crippen molar-refractivity contribution in [1.29, 1.82) is 0 Å². The van der Waals surface area contributed by atoms with Crippen LogP contribution in [-0.2, 0) is 16.1 Å². The number of halogens is 3. The Morgan fingerprint density at radius 1 is 1.28 bits per heavy atom. The van der Waals surface area contributed by atoms with E-state index in [0.717, 1.165) is 5.56 Å². The summed E-state index contributed by atoms with van der Waals surface area (Å²) in [6, 6.07) is 3.49. The standard InChI is InChI=1S/C16H19F3N4O2/c17-16(18,19)13-9-22(7-11-1-3-20-4-2-11)8-12(13)15(25)23-6-5-21-14(24)10-23/h1-4,12-13H,5-10H2,(H,21,24)/t12-,13-/m1/s1. The molecule has 3 rings (SSSR count). The Balaban J connectivity index is 1.73. The fourth-order valence-corrected chi connectivity index (χ4v) is 3.40. The molecule has 0 unspecified atom stereocenters. The molecule has 0 aromatic carbocycles. The Morgan fingerprint density at radius 2 is 2.00 bits per heavy atom. The summed E-state index contributed by atoms with van der Waals surface area (Å²) in [6.45, 7) is 0.486. The molecule has 6 nitrogen and oxygen atoms in total. The van der Waals surface area contributed by atoms with E-state index in [2.05, 4.69) is 10.3 Å². The molecule has 1 aromatic rings. The number of nitrogens with one attached hydrogen (secondary N) is 1. The zero-order valence-electron chi connectivity index (χ0n) is 13.5. The van der Waals surface area contributed by atoms with Crippen LogP contribution in [0.5, 0.6) is 0 Å². The lowest BCUT2D eigenvalue weighted by atomic mass is 9.94. The van der Waals surface area contributed by atoms with Gasteiger partial charge in [0.15, 0.2) is 0 Å². The van der Waals surface area contributed by atoms with Crippen molar-refractivity contribution in [3.8, 4) is 0 Å². The van der Waals surface area contributed by atoms with Crippen molar-refractivity contribution in [2.75, 3.05) is 32.7 Å². The van der Waals surface area contributed by atoms with Gasteiger partial charge in [-0.3, -0.25) is 19.5 Å². The van der Waals surface area contributed by atoms with E-state index < -0.39 is 23.9 Å². The van der Waals surface area contributed by atoms with Crippen LogP contribution in [0.1, 0.15) is 5.56 Å². The number of alkyl halides is 3. The molecule has 2 saturated heterocycles. The van der Waals surface area contributed by atoms with E-state index >= 15 is 0 Å². The van der Waals surface area contributed by atoms with E-state index in [-0.39, 0.29) is 38.6 Å². The summed E-state index contributed by atoms with van der Waals surface area (Å²) in [4.78, 5) is 30.8. The molecule has 2 aliphatic rings. The van der Waals surface area contributed by atoms with Gasteiger partial charge in [0.25, 0.3) is 0 Å². The van der Waals surface area contributed by atoms with Gasteiger partial charge in [-0.15, -0.1) is 0 Å². The second kappa shape index (κ2) is 6.99. The number of pyridine rings is 1. The van der Waals surface area contributed by atoms with Crippen LogP contribution in [0.15, 0.2) is 24.5 Å². The van der Waals surface area contributed by atoms with Crippen LogP contribution < -0.4 is 5.32 Å². The molecule has 136 valence electrons. The van der Waals surface area contributed by atoms with Gasteiger partial charge in [-0.25, -0.2) is 0 Å². The number of hydrogen-bond acceptors (Lipinski definition) is 4. The lowest BCUT2D eigenvalue weighted by molar-refractivity contribution is -0.186. The lowest BCUT2D eigenvalue weighted by Gasteiger charge is -2.31. The Bertz CT molecular complexity index is 638. The molecule has 2 fully saturated rings. The monoisotopic (exact) mass is 356 g/mol. The predicted octanol–water partition coefficient (Wildman–Crippen LogP) is 0.650. The van der Waals surface area contributed by atoms with E-state index in [1.807, 2.05) is 0 Å². The van der Waals surface area contributed by atoms with Crippen molar-refractivity contribution < 1.29 is 22.8 Å². The Kier molecular flexibility index (Phi) is 4.94. The third-order valence-corrected chi connectivity index (χ3v) is 4.64. The van der Waals surface area contributed by atoms with Crippen LogP contribution >= 0.6 is 0 Å². The summed E-state index contributed by atoms with van der Waals surface area (Å²) in [5.41, 5.74) is 0.848. The van der Waals surface area contributed by atoms with Gasteiger partial charge in [0.05, 0.1) is 18.4 Å². The quantitative estimate of drug-likeness (QED) is 0.864. The van der Waals surface area contributed by atoms with Gasteiger partial charge in [0, 0.05) is 45.1 Å². The number of aromatic nitrogens is 1. The molecule has 0 radical (unpaired) electrons. The zero-order valence-corrected chi connectivity index (χ0v) is 13.5.